The first kappa shape index (κ1) is 33.0. The zero-order valence-corrected chi connectivity index (χ0v) is 23.2. The van der Waals surface area contributed by atoms with Crippen LogP contribution in [0, 0.1) is 0 Å². The minimum Gasteiger partial charge on any atom is -0.388 e. The van der Waals surface area contributed by atoms with Crippen LogP contribution in [-0.4, -0.2) is 186 Å². The van der Waals surface area contributed by atoms with Gasteiger partial charge in [-0.15, -0.1) is 0 Å². The maximum atomic E-state index is 12.8. The monoisotopic (exact) mass is 592 g/mol. The van der Waals surface area contributed by atoms with Crippen LogP contribution in [0.15, 0.2) is 0 Å². The van der Waals surface area contributed by atoms with Crippen molar-refractivity contribution in [1.29, 1.82) is 0 Å². The van der Waals surface area contributed by atoms with E-state index in [4.69, 9.17) is 19.2 Å². The molecule has 41 heavy (non-hydrogen) atoms. The van der Waals surface area contributed by atoms with E-state index in [2.05, 4.69) is 5.32 Å². The van der Waals surface area contributed by atoms with Gasteiger partial charge in [-0.2, -0.15) is 0 Å². The third kappa shape index (κ3) is 10.4. The third-order valence-corrected chi connectivity index (χ3v) is 6.90. The van der Waals surface area contributed by atoms with E-state index in [1.165, 1.54) is 0 Å². The topological polar surface area (TPSA) is 214 Å². The molecule has 1 amide bonds. The number of hydrogen-bond acceptors (Lipinski definition) is 17. The lowest BCUT2D eigenvalue weighted by Crippen LogP contribution is -2.60. The van der Waals surface area contributed by atoms with Crippen molar-refractivity contribution in [3.63, 3.8) is 0 Å². The van der Waals surface area contributed by atoms with Crippen molar-refractivity contribution in [2.45, 2.75) is 37.6 Å². The fourth-order valence-electron chi connectivity index (χ4n) is 4.40. The fraction of sp³-hybridized carbons (Fsp3) is 0.826. The highest BCUT2D eigenvalue weighted by Crippen LogP contribution is 2.19. The predicted molar refractivity (Wildman–Crippen MR) is 135 cm³/mol. The van der Waals surface area contributed by atoms with Crippen LogP contribution in [0.2, 0.25) is 0 Å². The van der Waals surface area contributed by atoms with Crippen molar-refractivity contribution in [3.8, 4) is 0 Å². The first-order valence-electron chi connectivity index (χ1n) is 13.4. The average Bonchev–Trinajstić information content (AvgIpc) is 2.92. The van der Waals surface area contributed by atoms with E-state index in [0.717, 1.165) is 0 Å². The summed E-state index contributed by atoms with van der Waals surface area (Å²) in [6, 6.07) is 0. The summed E-state index contributed by atoms with van der Waals surface area (Å²) >= 11 is 0. The van der Waals surface area contributed by atoms with Gasteiger partial charge in [0, 0.05) is 45.8 Å². The van der Waals surface area contributed by atoms with Crippen LogP contribution in [0.25, 0.3) is 0 Å². The van der Waals surface area contributed by atoms with Gasteiger partial charge in [0.15, 0.2) is 6.29 Å². The summed E-state index contributed by atoms with van der Waals surface area (Å²) in [5.41, 5.74) is 0. The Labute approximate surface area is 236 Å². The van der Waals surface area contributed by atoms with Crippen LogP contribution in [-0.2, 0) is 38.4 Å². The van der Waals surface area contributed by atoms with Gasteiger partial charge in [0.05, 0.1) is 26.2 Å². The number of hydrogen-bond donors (Lipinski definition) is 5. The lowest BCUT2D eigenvalue weighted by molar-refractivity contribution is -0.464. The maximum Gasteiger partial charge on any atom is 0.346 e. The molecular formula is C23H40N6O12. The van der Waals surface area contributed by atoms with Crippen molar-refractivity contribution >= 4 is 23.8 Å². The van der Waals surface area contributed by atoms with E-state index in [1.54, 1.807) is 21.7 Å². The number of likely N-dealkylation sites (N-methyl/N-ethyl adjacent to an activating group) is 2. The predicted octanol–water partition coefficient (Wildman–Crippen LogP) is -5.54. The standard InChI is InChI=1S/C23H40N6O12/c1-3-26-6-7-27(11-16(30)24-10-15-20(34)21(35)22(36)23(37)38-15)8-9-28-5-4-25(2)12-17(31)39-29(40-18(32)13-26)41-19(33)14-28/h15,20-23,34-37H,3-14H2,1-2H3,(H,24,30)/t15-,20-,21+,22-,23?/m1/s1. The van der Waals surface area contributed by atoms with Gasteiger partial charge in [0.1, 0.15) is 24.4 Å². The van der Waals surface area contributed by atoms with Gasteiger partial charge in [0.2, 0.25) is 11.3 Å². The molecule has 0 radical (unpaired) electrons. The van der Waals surface area contributed by atoms with E-state index in [1.807, 2.05) is 11.8 Å². The molecule has 5 N–H and O–H groups in total. The summed E-state index contributed by atoms with van der Waals surface area (Å²) in [6.45, 7) is 3.55. The molecule has 3 heterocycles. The Morgan fingerprint density at radius 3 is 2.07 bits per heavy atom. The lowest BCUT2D eigenvalue weighted by atomic mass is 9.99. The summed E-state index contributed by atoms with van der Waals surface area (Å²) in [4.78, 5) is 72.0. The highest BCUT2D eigenvalue weighted by Gasteiger charge is 2.43. The third-order valence-electron chi connectivity index (χ3n) is 6.90. The van der Waals surface area contributed by atoms with Crippen molar-refractivity contribution < 1.29 is 58.9 Å². The molecule has 0 saturated carbocycles. The molecule has 3 rings (SSSR count). The van der Waals surface area contributed by atoms with Crippen LogP contribution in [0.4, 0.5) is 0 Å². The van der Waals surface area contributed by atoms with Gasteiger partial charge in [-0.1, -0.05) is 6.92 Å². The Morgan fingerprint density at radius 1 is 0.805 bits per heavy atom. The summed E-state index contributed by atoms with van der Waals surface area (Å²) in [5.74, 6) is -2.90. The zero-order chi connectivity index (χ0) is 30.1. The quantitative estimate of drug-likeness (QED) is 0.201. The average molecular weight is 593 g/mol. The molecule has 18 heteroatoms. The van der Waals surface area contributed by atoms with E-state index in [-0.39, 0.29) is 38.1 Å². The molecule has 7 atom stereocenters. The summed E-state index contributed by atoms with van der Waals surface area (Å²) in [5, 5.41) is 42.1. The van der Waals surface area contributed by atoms with E-state index in [0.29, 0.717) is 45.8 Å². The number of rotatable bonds is 5. The van der Waals surface area contributed by atoms with Crippen LogP contribution in [0.3, 0.4) is 0 Å². The normalized spacial score (nSPS) is 34.2. The Morgan fingerprint density at radius 2 is 1.39 bits per heavy atom. The molecular weight excluding hydrogens is 552 g/mol. The Kier molecular flexibility index (Phi) is 12.6. The Bertz CT molecular complexity index is 914. The molecule has 0 aliphatic carbocycles. The Hall–Kier alpha value is -2.52. The zero-order valence-electron chi connectivity index (χ0n) is 23.2. The van der Waals surface area contributed by atoms with E-state index >= 15 is 0 Å². The van der Waals surface area contributed by atoms with E-state index < -0.39 is 54.5 Å². The SMILES string of the molecule is CCN1CCN(CC(=O)NC[C@H]2OC(O)[C@H](O)[C@@H](O)[C@@H]2O)CCN2CCN(C)CC(=O)O[N@](OC(=O)C1)OC(=O)C2. The second-order valence-electron chi connectivity index (χ2n) is 10.1. The number of ether oxygens (including phenoxy) is 1. The van der Waals surface area contributed by atoms with Crippen molar-refractivity contribution in [3.05, 3.63) is 0 Å². The Balaban J connectivity index is 1.69. The molecule has 3 aliphatic rings. The summed E-state index contributed by atoms with van der Waals surface area (Å²) in [7, 11) is 1.69. The van der Waals surface area contributed by atoms with Crippen LogP contribution >= 0.6 is 0 Å². The second kappa shape index (κ2) is 15.6. The first-order valence-corrected chi connectivity index (χ1v) is 13.4. The van der Waals surface area contributed by atoms with Crippen LogP contribution in [0.5, 0.6) is 0 Å². The molecule has 3 saturated heterocycles. The number of nitrogens with zero attached hydrogens (tertiary/aromatic N) is 5. The molecule has 0 aromatic carbocycles. The molecule has 2 bridgehead atoms. The molecule has 3 fully saturated rings. The van der Waals surface area contributed by atoms with E-state index in [9.17, 15) is 39.6 Å². The number of carbonyl (C=O) groups excluding carboxylic acids is 4. The number of amides is 1. The van der Waals surface area contributed by atoms with Crippen molar-refractivity contribution in [2.75, 3.05) is 85.6 Å². The van der Waals surface area contributed by atoms with Gasteiger partial charge >= 0.3 is 17.9 Å². The molecule has 0 spiro atoms. The minimum atomic E-state index is -1.72. The highest BCUT2D eigenvalue weighted by molar-refractivity contribution is 5.78. The van der Waals surface area contributed by atoms with Gasteiger partial charge < -0.3 is 30.5 Å². The molecule has 3 aliphatic heterocycles. The van der Waals surface area contributed by atoms with Crippen molar-refractivity contribution in [2.24, 2.45) is 0 Å². The van der Waals surface area contributed by atoms with Crippen molar-refractivity contribution in [1.82, 2.24) is 30.3 Å². The number of carbonyl (C=O) groups is 4. The molecule has 2 unspecified atom stereocenters. The lowest BCUT2D eigenvalue weighted by Gasteiger charge is -2.38. The second-order valence-corrected chi connectivity index (χ2v) is 10.1. The number of aliphatic hydroxyl groups excluding tert-OH is 4. The summed E-state index contributed by atoms with van der Waals surface area (Å²) < 4.78 is 5.10. The first-order chi connectivity index (χ1) is 19.4. The summed E-state index contributed by atoms with van der Waals surface area (Å²) in [6.07, 6.45) is -7.72. The smallest absolute Gasteiger partial charge is 0.346 e. The number of aliphatic hydroxyl groups is 4. The largest absolute Gasteiger partial charge is 0.388 e. The molecule has 234 valence electrons. The van der Waals surface area contributed by atoms with Gasteiger partial charge in [-0.3, -0.25) is 38.9 Å². The number of nitrogens with one attached hydrogen (secondary N) is 1. The maximum absolute atomic E-state index is 12.8. The fourth-order valence-corrected chi connectivity index (χ4v) is 4.40. The highest BCUT2D eigenvalue weighted by atomic mass is 17.2. The van der Waals surface area contributed by atoms with Crippen LogP contribution < -0.4 is 5.32 Å². The number of fused-ring (bicyclic) bond motifs is 4. The molecule has 18 nitrogen and oxygen atoms in total. The molecule has 0 aromatic heterocycles. The van der Waals surface area contributed by atoms with Crippen LogP contribution in [0.1, 0.15) is 6.92 Å². The van der Waals surface area contributed by atoms with Gasteiger partial charge in [0.25, 0.3) is 0 Å². The van der Waals surface area contributed by atoms with Gasteiger partial charge in [-0.25, -0.2) is 14.4 Å². The minimum absolute atomic E-state index is 0.0904. The molecule has 0 aromatic rings. The van der Waals surface area contributed by atoms with Gasteiger partial charge in [-0.05, 0) is 13.6 Å².